The van der Waals surface area contributed by atoms with E-state index < -0.39 is 33.5 Å². The Morgan fingerprint density at radius 3 is 2.50 bits per heavy atom. The van der Waals surface area contributed by atoms with E-state index in [1.165, 1.54) is 22.5 Å². The summed E-state index contributed by atoms with van der Waals surface area (Å²) in [7, 11) is -3.58. The summed E-state index contributed by atoms with van der Waals surface area (Å²) in [4.78, 5) is 12.3. The van der Waals surface area contributed by atoms with Crippen LogP contribution in [0.25, 0.3) is 0 Å². The molecule has 1 fully saturated rings. The van der Waals surface area contributed by atoms with Crippen LogP contribution in [0.15, 0.2) is 38.3 Å². The molecule has 1 aliphatic heterocycles. The minimum Gasteiger partial charge on any atom is -0.323 e. The maximum Gasteiger partial charge on any atom is 0.252 e. The van der Waals surface area contributed by atoms with Crippen molar-refractivity contribution >= 4 is 48.9 Å². The lowest BCUT2D eigenvalue weighted by molar-refractivity contribution is -0.120. The van der Waals surface area contributed by atoms with E-state index in [1.54, 1.807) is 6.07 Å². The summed E-state index contributed by atoms with van der Waals surface area (Å²) in [5.74, 6) is -3.04. The van der Waals surface area contributed by atoms with E-state index in [-0.39, 0.29) is 23.0 Å². The average molecular weight is 465 g/mol. The molecule has 1 N–H and O–H groups in total. The van der Waals surface area contributed by atoms with Crippen LogP contribution >= 0.6 is 27.3 Å². The monoisotopic (exact) mass is 464 g/mol. The quantitative estimate of drug-likeness (QED) is 0.747. The first-order valence-electron chi connectivity index (χ1n) is 7.79. The van der Waals surface area contributed by atoms with E-state index in [2.05, 4.69) is 21.2 Å². The molecule has 1 aromatic carbocycles. The van der Waals surface area contributed by atoms with Crippen LogP contribution in [0.4, 0.5) is 14.5 Å². The third-order valence-corrected chi connectivity index (χ3v) is 8.17. The Balaban J connectivity index is 1.63. The number of amides is 1. The van der Waals surface area contributed by atoms with Crippen molar-refractivity contribution in [2.75, 3.05) is 18.4 Å². The van der Waals surface area contributed by atoms with Crippen LogP contribution in [-0.4, -0.2) is 31.7 Å². The minimum atomic E-state index is -3.58. The molecule has 140 valence electrons. The van der Waals surface area contributed by atoms with Crippen molar-refractivity contribution in [1.82, 2.24) is 4.31 Å². The molecule has 0 radical (unpaired) electrons. The van der Waals surface area contributed by atoms with Gasteiger partial charge in [-0.1, -0.05) is 6.07 Å². The van der Waals surface area contributed by atoms with Gasteiger partial charge in [-0.25, -0.2) is 17.2 Å². The second kappa shape index (κ2) is 7.71. The Morgan fingerprint density at radius 2 is 1.88 bits per heavy atom. The zero-order valence-corrected chi connectivity index (χ0v) is 16.6. The van der Waals surface area contributed by atoms with Crippen LogP contribution in [0.5, 0.6) is 0 Å². The molecule has 2 heterocycles. The number of nitrogens with one attached hydrogen (secondary N) is 1. The van der Waals surface area contributed by atoms with Crippen molar-refractivity contribution in [3.05, 3.63) is 45.8 Å². The van der Waals surface area contributed by atoms with Gasteiger partial charge in [-0.2, -0.15) is 4.31 Å². The Bertz CT molecular complexity index is 925. The van der Waals surface area contributed by atoms with Crippen LogP contribution in [0, 0.1) is 17.6 Å². The van der Waals surface area contributed by atoms with Gasteiger partial charge in [0.1, 0.15) is 4.21 Å². The molecule has 1 amide bonds. The number of carbonyl (C=O) groups is 1. The largest absolute Gasteiger partial charge is 0.323 e. The summed E-state index contributed by atoms with van der Waals surface area (Å²) in [5.41, 5.74) is -0.214. The first-order chi connectivity index (χ1) is 12.3. The zero-order valence-electron chi connectivity index (χ0n) is 13.4. The van der Waals surface area contributed by atoms with Crippen molar-refractivity contribution in [2.24, 2.45) is 5.92 Å². The molecule has 5 nitrogen and oxygen atoms in total. The predicted molar refractivity (Wildman–Crippen MR) is 98.5 cm³/mol. The molecule has 26 heavy (non-hydrogen) atoms. The van der Waals surface area contributed by atoms with E-state index in [1.807, 2.05) is 0 Å². The lowest BCUT2D eigenvalue weighted by atomic mass is 9.97. The van der Waals surface area contributed by atoms with Crippen LogP contribution < -0.4 is 5.32 Å². The molecule has 0 aliphatic carbocycles. The number of benzene rings is 1. The van der Waals surface area contributed by atoms with Crippen molar-refractivity contribution in [2.45, 2.75) is 17.1 Å². The normalized spacial score (nSPS) is 16.6. The van der Waals surface area contributed by atoms with Gasteiger partial charge in [-0.15, -0.1) is 11.3 Å². The van der Waals surface area contributed by atoms with Crippen molar-refractivity contribution in [1.29, 1.82) is 0 Å². The first kappa shape index (κ1) is 19.4. The highest BCUT2D eigenvalue weighted by atomic mass is 79.9. The molecule has 3 rings (SSSR count). The number of piperidine rings is 1. The number of nitrogens with zero attached hydrogens (tertiary/aromatic N) is 1. The van der Waals surface area contributed by atoms with Crippen LogP contribution in [0.2, 0.25) is 0 Å². The number of hydrogen-bond donors (Lipinski definition) is 1. The lowest BCUT2D eigenvalue weighted by Crippen LogP contribution is -2.41. The maximum absolute atomic E-state index is 13.7. The Morgan fingerprint density at radius 1 is 1.19 bits per heavy atom. The number of sulfonamides is 1. The van der Waals surface area contributed by atoms with Gasteiger partial charge >= 0.3 is 0 Å². The topological polar surface area (TPSA) is 66.5 Å². The van der Waals surface area contributed by atoms with E-state index in [0.29, 0.717) is 12.8 Å². The average Bonchev–Trinajstić information content (AvgIpc) is 3.06. The van der Waals surface area contributed by atoms with E-state index in [9.17, 15) is 22.0 Å². The highest BCUT2D eigenvalue weighted by Gasteiger charge is 2.33. The smallest absolute Gasteiger partial charge is 0.252 e. The second-order valence-corrected chi connectivity index (χ2v) is 10.5. The molecule has 1 saturated heterocycles. The van der Waals surface area contributed by atoms with Gasteiger partial charge in [0.15, 0.2) is 11.6 Å². The molecular formula is C16H15BrF2N2O3S2. The standard InChI is InChI=1S/C16H15BrF2N2O3S2/c17-13-4-5-14(25-13)26(23,24)21-8-6-10(7-9-21)16(22)20-12-3-1-2-11(18)15(12)19/h1-5,10H,6-9H2,(H,20,22). The van der Waals surface area contributed by atoms with Crippen molar-refractivity contribution in [3.63, 3.8) is 0 Å². The van der Waals surface area contributed by atoms with Crippen LogP contribution in [0.3, 0.4) is 0 Å². The summed E-state index contributed by atoms with van der Waals surface area (Å²) >= 11 is 4.38. The molecule has 0 spiro atoms. The fraction of sp³-hybridized carbons (Fsp3) is 0.312. The van der Waals surface area contributed by atoms with E-state index in [4.69, 9.17) is 0 Å². The van der Waals surface area contributed by atoms with E-state index >= 15 is 0 Å². The minimum absolute atomic E-state index is 0.196. The van der Waals surface area contributed by atoms with Crippen molar-refractivity contribution < 1.29 is 22.0 Å². The number of anilines is 1. The third-order valence-electron chi connectivity index (χ3n) is 4.18. The van der Waals surface area contributed by atoms with E-state index in [0.717, 1.165) is 21.2 Å². The highest BCUT2D eigenvalue weighted by Crippen LogP contribution is 2.31. The maximum atomic E-state index is 13.7. The molecule has 2 aromatic rings. The molecular weight excluding hydrogens is 450 g/mol. The molecule has 0 unspecified atom stereocenters. The highest BCUT2D eigenvalue weighted by molar-refractivity contribution is 9.11. The lowest BCUT2D eigenvalue weighted by Gasteiger charge is -2.30. The third kappa shape index (κ3) is 3.98. The number of rotatable bonds is 4. The van der Waals surface area contributed by atoms with Gasteiger partial charge in [0, 0.05) is 19.0 Å². The predicted octanol–water partition coefficient (Wildman–Crippen LogP) is 3.83. The van der Waals surface area contributed by atoms with Gasteiger partial charge in [0.05, 0.1) is 9.47 Å². The molecule has 0 bridgehead atoms. The van der Waals surface area contributed by atoms with Gasteiger partial charge in [0.2, 0.25) is 5.91 Å². The number of carbonyl (C=O) groups excluding carboxylic acids is 1. The SMILES string of the molecule is O=C(Nc1cccc(F)c1F)C1CCN(S(=O)(=O)c2ccc(Br)s2)CC1. The van der Waals surface area contributed by atoms with Gasteiger partial charge in [-0.05, 0) is 53.0 Å². The zero-order chi connectivity index (χ0) is 18.9. The Kier molecular flexibility index (Phi) is 5.75. The van der Waals surface area contributed by atoms with Crippen molar-refractivity contribution in [3.8, 4) is 0 Å². The summed E-state index contributed by atoms with van der Waals surface area (Å²) in [6.45, 7) is 0.392. The summed E-state index contributed by atoms with van der Waals surface area (Å²) in [6.07, 6.45) is 0.628. The van der Waals surface area contributed by atoms with Crippen LogP contribution in [0.1, 0.15) is 12.8 Å². The Hall–Kier alpha value is -1.36. The molecule has 1 aromatic heterocycles. The first-order valence-corrected chi connectivity index (χ1v) is 10.8. The molecule has 10 heteroatoms. The molecule has 0 saturated carbocycles. The second-order valence-electron chi connectivity index (χ2n) is 5.83. The summed E-state index contributed by atoms with van der Waals surface area (Å²) in [6, 6.07) is 6.77. The van der Waals surface area contributed by atoms with Gasteiger partial charge < -0.3 is 5.32 Å². The fourth-order valence-corrected chi connectivity index (χ4v) is 6.39. The molecule has 1 aliphatic rings. The van der Waals surface area contributed by atoms with Crippen LogP contribution in [-0.2, 0) is 14.8 Å². The number of halogens is 3. The Labute approximate surface area is 162 Å². The van der Waals surface area contributed by atoms with Gasteiger partial charge in [0.25, 0.3) is 10.0 Å². The fourth-order valence-electron chi connectivity index (χ4n) is 2.76. The van der Waals surface area contributed by atoms with Gasteiger partial charge in [-0.3, -0.25) is 4.79 Å². The summed E-state index contributed by atoms with van der Waals surface area (Å²) in [5, 5.41) is 2.38. The molecule has 0 atom stereocenters. The number of hydrogen-bond acceptors (Lipinski definition) is 4. The number of thiophene rings is 1. The summed E-state index contributed by atoms with van der Waals surface area (Å²) < 4.78 is 54.3.